The lowest BCUT2D eigenvalue weighted by molar-refractivity contribution is 0.176. The van der Waals surface area contributed by atoms with Crippen LogP contribution in [0.25, 0.3) is 0 Å². The van der Waals surface area contributed by atoms with Gasteiger partial charge in [0.15, 0.2) is 0 Å². The van der Waals surface area contributed by atoms with Crippen LogP contribution >= 0.6 is 0 Å². The van der Waals surface area contributed by atoms with Crippen molar-refractivity contribution in [1.82, 2.24) is 9.55 Å². The Hall–Kier alpha value is -0.830. The number of hydrogen-bond acceptors (Lipinski definition) is 2. The highest BCUT2D eigenvalue weighted by Gasteiger charge is 2.18. The molecule has 1 aliphatic rings. The molecule has 0 aliphatic heterocycles. The van der Waals surface area contributed by atoms with Gasteiger partial charge in [0.2, 0.25) is 0 Å². The maximum Gasteiger partial charge on any atom is 0.0951 e. The molecule has 0 bridgehead atoms. The molecular weight excluding hydrogens is 164 g/mol. The van der Waals surface area contributed by atoms with E-state index in [2.05, 4.69) is 9.55 Å². The fourth-order valence-electron chi connectivity index (χ4n) is 2.10. The molecule has 72 valence electrons. The summed E-state index contributed by atoms with van der Waals surface area (Å²) in [6.07, 6.45) is 9.15. The lowest BCUT2D eigenvalue weighted by atomic mass is 10.2. The number of ether oxygens (including phenoxy) is 1. The Morgan fingerprint density at radius 3 is 3.00 bits per heavy atom. The molecule has 2 rings (SSSR count). The lowest BCUT2D eigenvalue weighted by Crippen LogP contribution is -2.07. The summed E-state index contributed by atoms with van der Waals surface area (Å²) >= 11 is 0. The van der Waals surface area contributed by atoms with E-state index in [1.165, 1.54) is 31.4 Å². The van der Waals surface area contributed by atoms with Gasteiger partial charge in [-0.25, -0.2) is 4.98 Å². The zero-order valence-electron chi connectivity index (χ0n) is 8.07. The van der Waals surface area contributed by atoms with Crippen LogP contribution in [-0.2, 0) is 11.3 Å². The van der Waals surface area contributed by atoms with Crippen molar-refractivity contribution in [2.45, 2.75) is 38.3 Å². The summed E-state index contributed by atoms with van der Waals surface area (Å²) < 4.78 is 7.40. The molecule has 0 atom stereocenters. The summed E-state index contributed by atoms with van der Waals surface area (Å²) in [6, 6.07) is 0.674. The van der Waals surface area contributed by atoms with Gasteiger partial charge in [-0.15, -0.1) is 0 Å². The predicted molar refractivity (Wildman–Crippen MR) is 50.4 cm³/mol. The Bertz CT molecular complexity index is 264. The Morgan fingerprint density at radius 1 is 1.54 bits per heavy atom. The van der Waals surface area contributed by atoms with Gasteiger partial charge in [-0.1, -0.05) is 12.8 Å². The van der Waals surface area contributed by atoms with Crippen molar-refractivity contribution in [3.8, 4) is 0 Å². The summed E-state index contributed by atoms with van der Waals surface area (Å²) in [5.74, 6) is 0. The highest BCUT2D eigenvalue weighted by Crippen LogP contribution is 2.30. The van der Waals surface area contributed by atoms with Crippen LogP contribution in [0.3, 0.4) is 0 Å². The molecule has 1 aliphatic carbocycles. The molecule has 0 radical (unpaired) electrons. The minimum absolute atomic E-state index is 0.674. The van der Waals surface area contributed by atoms with Gasteiger partial charge < -0.3 is 9.30 Å². The normalized spacial score (nSPS) is 18.2. The molecule has 0 spiro atoms. The monoisotopic (exact) mass is 180 g/mol. The summed E-state index contributed by atoms with van der Waals surface area (Å²) in [7, 11) is 1.73. The van der Waals surface area contributed by atoms with Crippen LogP contribution in [0.1, 0.15) is 37.4 Å². The zero-order valence-corrected chi connectivity index (χ0v) is 8.07. The van der Waals surface area contributed by atoms with Gasteiger partial charge in [0.1, 0.15) is 0 Å². The van der Waals surface area contributed by atoms with E-state index in [9.17, 15) is 0 Å². The molecule has 0 unspecified atom stereocenters. The fraction of sp³-hybridized carbons (Fsp3) is 0.700. The molecular formula is C10H16N2O. The number of methoxy groups -OCH3 is 1. The Labute approximate surface area is 78.7 Å². The second-order valence-electron chi connectivity index (χ2n) is 3.66. The summed E-state index contributed by atoms with van der Waals surface area (Å²) in [4.78, 5) is 4.17. The molecule has 1 aromatic rings. The highest BCUT2D eigenvalue weighted by molar-refractivity contribution is 4.99. The zero-order chi connectivity index (χ0) is 9.10. The van der Waals surface area contributed by atoms with E-state index in [0.717, 1.165) is 0 Å². The summed E-state index contributed by atoms with van der Waals surface area (Å²) in [5, 5.41) is 0. The number of aromatic nitrogens is 2. The average molecular weight is 180 g/mol. The molecule has 0 aromatic carbocycles. The molecule has 0 amide bonds. The van der Waals surface area contributed by atoms with Crippen LogP contribution in [-0.4, -0.2) is 16.7 Å². The quantitative estimate of drug-likeness (QED) is 0.712. The first kappa shape index (κ1) is 8.75. The average Bonchev–Trinajstić information content (AvgIpc) is 2.71. The first-order valence-electron chi connectivity index (χ1n) is 4.91. The largest absolute Gasteiger partial charge is 0.378 e. The second kappa shape index (κ2) is 3.92. The molecule has 0 N–H and O–H groups in total. The second-order valence-corrected chi connectivity index (χ2v) is 3.66. The highest BCUT2D eigenvalue weighted by atomic mass is 16.5. The lowest BCUT2D eigenvalue weighted by Gasteiger charge is -2.14. The smallest absolute Gasteiger partial charge is 0.0951 e. The number of imidazole rings is 1. The van der Waals surface area contributed by atoms with Gasteiger partial charge >= 0.3 is 0 Å². The van der Waals surface area contributed by atoms with Crippen molar-refractivity contribution in [2.75, 3.05) is 7.11 Å². The first-order valence-corrected chi connectivity index (χ1v) is 4.91. The standard InChI is InChI=1S/C10H16N2O/c1-13-7-10-6-11-8-12(10)9-4-2-3-5-9/h6,8-9H,2-5,7H2,1H3. The third kappa shape index (κ3) is 1.75. The van der Waals surface area contributed by atoms with E-state index in [1.807, 2.05) is 12.5 Å². The van der Waals surface area contributed by atoms with Gasteiger partial charge in [-0.05, 0) is 12.8 Å². The van der Waals surface area contributed by atoms with E-state index in [0.29, 0.717) is 12.6 Å². The Kier molecular flexibility index (Phi) is 2.64. The van der Waals surface area contributed by atoms with Crippen molar-refractivity contribution < 1.29 is 4.74 Å². The van der Waals surface area contributed by atoms with E-state index in [1.54, 1.807) is 7.11 Å². The van der Waals surface area contributed by atoms with Gasteiger partial charge in [0, 0.05) is 13.2 Å². The fourth-order valence-corrected chi connectivity index (χ4v) is 2.10. The van der Waals surface area contributed by atoms with Crippen molar-refractivity contribution in [3.05, 3.63) is 18.2 Å². The molecule has 1 heterocycles. The van der Waals surface area contributed by atoms with E-state index >= 15 is 0 Å². The first-order chi connectivity index (χ1) is 6.42. The minimum atomic E-state index is 0.674. The molecule has 3 heteroatoms. The Balaban J connectivity index is 2.13. The Morgan fingerprint density at radius 2 is 2.31 bits per heavy atom. The van der Waals surface area contributed by atoms with Crippen LogP contribution in [0, 0.1) is 0 Å². The summed E-state index contributed by atoms with van der Waals surface area (Å²) in [6.45, 7) is 0.677. The van der Waals surface area contributed by atoms with Crippen LogP contribution < -0.4 is 0 Å². The van der Waals surface area contributed by atoms with Gasteiger partial charge in [-0.3, -0.25) is 0 Å². The topological polar surface area (TPSA) is 27.1 Å². The maximum atomic E-state index is 5.13. The molecule has 0 saturated heterocycles. The maximum absolute atomic E-state index is 5.13. The van der Waals surface area contributed by atoms with Crippen LogP contribution in [0.2, 0.25) is 0 Å². The van der Waals surface area contributed by atoms with Gasteiger partial charge in [0.25, 0.3) is 0 Å². The molecule has 1 fully saturated rings. The van der Waals surface area contributed by atoms with Gasteiger partial charge in [-0.2, -0.15) is 0 Å². The van der Waals surface area contributed by atoms with Crippen molar-refractivity contribution in [3.63, 3.8) is 0 Å². The SMILES string of the molecule is COCc1cncn1C1CCCC1. The predicted octanol–water partition coefficient (Wildman–Crippen LogP) is 2.14. The van der Waals surface area contributed by atoms with Crippen molar-refractivity contribution in [1.29, 1.82) is 0 Å². The molecule has 1 aromatic heterocycles. The molecule has 13 heavy (non-hydrogen) atoms. The number of nitrogens with zero attached hydrogens (tertiary/aromatic N) is 2. The van der Waals surface area contributed by atoms with Crippen LogP contribution in [0.5, 0.6) is 0 Å². The van der Waals surface area contributed by atoms with E-state index < -0.39 is 0 Å². The minimum Gasteiger partial charge on any atom is -0.378 e. The molecule has 1 saturated carbocycles. The van der Waals surface area contributed by atoms with Crippen molar-refractivity contribution in [2.24, 2.45) is 0 Å². The van der Waals surface area contributed by atoms with E-state index in [-0.39, 0.29) is 0 Å². The number of hydrogen-bond donors (Lipinski definition) is 0. The third-order valence-electron chi connectivity index (χ3n) is 2.76. The third-order valence-corrected chi connectivity index (χ3v) is 2.76. The number of rotatable bonds is 3. The summed E-state index contributed by atoms with van der Waals surface area (Å²) in [5.41, 5.74) is 1.20. The van der Waals surface area contributed by atoms with Gasteiger partial charge in [0.05, 0.1) is 24.8 Å². The van der Waals surface area contributed by atoms with Crippen molar-refractivity contribution >= 4 is 0 Å². The van der Waals surface area contributed by atoms with Crippen LogP contribution in [0.15, 0.2) is 12.5 Å². The van der Waals surface area contributed by atoms with E-state index in [4.69, 9.17) is 4.74 Å². The van der Waals surface area contributed by atoms with Crippen LogP contribution in [0.4, 0.5) is 0 Å². The molecule has 3 nitrogen and oxygen atoms in total.